The Morgan fingerprint density at radius 1 is 1.31 bits per heavy atom. The molecule has 2 aliphatic rings. The Balaban J connectivity index is 1.28. The van der Waals surface area contributed by atoms with E-state index in [4.69, 9.17) is 5.73 Å². The highest BCUT2D eigenvalue weighted by molar-refractivity contribution is 7.21. The molecule has 7 heteroatoms. The van der Waals surface area contributed by atoms with Gasteiger partial charge < -0.3 is 21.3 Å². The molecule has 0 bridgehead atoms. The Labute approximate surface area is 193 Å². The third-order valence-corrected chi connectivity index (χ3v) is 7.92. The van der Waals surface area contributed by atoms with Crippen molar-refractivity contribution in [3.05, 3.63) is 52.0 Å². The summed E-state index contributed by atoms with van der Waals surface area (Å²) in [6.07, 6.45) is 3.95. The number of pyridine rings is 1. The summed E-state index contributed by atoms with van der Waals surface area (Å²) in [4.78, 5) is 21.4. The van der Waals surface area contributed by atoms with Crippen LogP contribution in [-0.4, -0.2) is 42.6 Å². The Bertz CT molecular complexity index is 1160. The fourth-order valence-corrected chi connectivity index (χ4v) is 5.95. The monoisotopic (exact) mass is 449 g/mol. The van der Waals surface area contributed by atoms with Gasteiger partial charge in [-0.2, -0.15) is 0 Å². The number of hydrogen-bond donors (Lipinski definition) is 3. The maximum atomic E-state index is 13.0. The number of nitrogen functional groups attached to an aromatic ring is 1. The number of carbonyl (C=O) groups is 1. The fraction of sp³-hybridized carbons (Fsp3) is 0.440. The van der Waals surface area contributed by atoms with Crippen molar-refractivity contribution < 1.29 is 4.79 Å². The number of hydrogen-bond acceptors (Lipinski definition) is 6. The number of nitrogens with one attached hydrogen (secondary N) is 2. The molecule has 1 aromatic carbocycles. The highest BCUT2D eigenvalue weighted by atomic mass is 32.1. The molecule has 0 spiro atoms. The highest BCUT2D eigenvalue weighted by Crippen LogP contribution is 2.33. The van der Waals surface area contributed by atoms with Crippen LogP contribution in [-0.2, 0) is 12.8 Å². The first-order valence-corrected chi connectivity index (χ1v) is 12.4. The second kappa shape index (κ2) is 8.71. The molecule has 2 atom stereocenters. The number of rotatable bonds is 4. The molecule has 6 nitrogen and oxygen atoms in total. The predicted octanol–water partition coefficient (Wildman–Crippen LogP) is 3.66. The van der Waals surface area contributed by atoms with Crippen molar-refractivity contribution in [1.82, 2.24) is 15.6 Å². The summed E-state index contributed by atoms with van der Waals surface area (Å²) in [5, 5.41) is 7.68. The largest absolute Gasteiger partial charge is 0.397 e. The van der Waals surface area contributed by atoms with Gasteiger partial charge in [-0.25, -0.2) is 4.98 Å². The third kappa shape index (κ3) is 4.07. The SMILES string of the molecule is CC[C@@H]1CN(c2ccc3c(c2)CC[C@@H](NC(=O)c2sc4nc(C)ccc4c2N)C3)CCN1. The lowest BCUT2D eigenvalue weighted by molar-refractivity contribution is 0.0938. The van der Waals surface area contributed by atoms with Crippen molar-refractivity contribution in [1.29, 1.82) is 0 Å². The minimum absolute atomic E-state index is 0.0837. The third-order valence-electron chi connectivity index (χ3n) is 6.81. The molecule has 0 radical (unpaired) electrons. The summed E-state index contributed by atoms with van der Waals surface area (Å²) in [6, 6.07) is 11.5. The standard InChI is InChI=1S/C25H31N5OS/c1-3-18-14-30(11-10-27-18)20-8-6-16-12-19(7-5-17(16)13-20)29-24(31)23-22(26)21-9-4-15(2)28-25(21)32-23/h4,6,8-9,13,18-19,27H,3,5,7,10-12,14,26H2,1-2H3,(H,29,31)/t18-,19-/m1/s1. The van der Waals surface area contributed by atoms with E-state index in [0.717, 1.165) is 61.2 Å². The average Bonchev–Trinajstić information content (AvgIpc) is 3.14. The number of piperazine rings is 1. The van der Waals surface area contributed by atoms with Crippen LogP contribution in [0.15, 0.2) is 30.3 Å². The molecular formula is C25H31N5OS. The van der Waals surface area contributed by atoms with Gasteiger partial charge in [0.05, 0.1) is 5.69 Å². The van der Waals surface area contributed by atoms with Crippen LogP contribution in [0, 0.1) is 6.92 Å². The molecule has 3 aromatic rings. The van der Waals surface area contributed by atoms with Gasteiger partial charge in [0.1, 0.15) is 9.71 Å². The van der Waals surface area contributed by atoms with E-state index in [0.29, 0.717) is 16.6 Å². The van der Waals surface area contributed by atoms with Gasteiger partial charge in [0.25, 0.3) is 5.91 Å². The lowest BCUT2D eigenvalue weighted by atomic mass is 9.87. The molecule has 32 heavy (non-hydrogen) atoms. The summed E-state index contributed by atoms with van der Waals surface area (Å²) < 4.78 is 0. The molecule has 3 heterocycles. The van der Waals surface area contributed by atoms with Crippen molar-refractivity contribution in [2.75, 3.05) is 30.3 Å². The second-order valence-corrected chi connectivity index (χ2v) is 10.0. The molecule has 0 unspecified atom stereocenters. The van der Waals surface area contributed by atoms with Gasteiger partial charge in [0, 0.05) is 48.5 Å². The van der Waals surface area contributed by atoms with E-state index >= 15 is 0 Å². The number of anilines is 2. The fourth-order valence-electron chi connectivity index (χ4n) is 4.90. The molecule has 1 amide bonds. The van der Waals surface area contributed by atoms with Gasteiger partial charge in [-0.05, 0) is 68.0 Å². The zero-order chi connectivity index (χ0) is 22.2. The van der Waals surface area contributed by atoms with Gasteiger partial charge in [-0.15, -0.1) is 11.3 Å². The minimum Gasteiger partial charge on any atom is -0.397 e. The molecule has 4 N–H and O–H groups in total. The van der Waals surface area contributed by atoms with Crippen LogP contribution < -0.4 is 21.3 Å². The van der Waals surface area contributed by atoms with Crippen molar-refractivity contribution in [2.45, 2.75) is 51.6 Å². The molecule has 0 saturated carbocycles. The van der Waals surface area contributed by atoms with E-state index in [1.54, 1.807) is 0 Å². The van der Waals surface area contributed by atoms with Crippen LogP contribution in [0.25, 0.3) is 10.2 Å². The summed E-state index contributed by atoms with van der Waals surface area (Å²) in [7, 11) is 0. The number of benzene rings is 1. The smallest absolute Gasteiger partial charge is 0.263 e. The molecule has 168 valence electrons. The Morgan fingerprint density at radius 3 is 3.03 bits per heavy atom. The van der Waals surface area contributed by atoms with E-state index in [-0.39, 0.29) is 11.9 Å². The number of carbonyl (C=O) groups excluding carboxylic acids is 1. The molecular weight excluding hydrogens is 418 g/mol. The molecule has 5 rings (SSSR count). The lowest BCUT2D eigenvalue weighted by Crippen LogP contribution is -2.50. The first kappa shape index (κ1) is 21.2. The zero-order valence-corrected chi connectivity index (χ0v) is 19.6. The van der Waals surface area contributed by atoms with Gasteiger partial charge in [0.15, 0.2) is 0 Å². The summed E-state index contributed by atoms with van der Waals surface area (Å²) >= 11 is 1.38. The molecule has 1 saturated heterocycles. The number of nitrogens with two attached hydrogens (primary N) is 1. The van der Waals surface area contributed by atoms with E-state index in [1.165, 1.54) is 28.2 Å². The van der Waals surface area contributed by atoms with Crippen LogP contribution in [0.5, 0.6) is 0 Å². The van der Waals surface area contributed by atoms with Crippen molar-refractivity contribution in [3.63, 3.8) is 0 Å². The predicted molar refractivity (Wildman–Crippen MR) is 133 cm³/mol. The lowest BCUT2D eigenvalue weighted by Gasteiger charge is -2.36. The summed E-state index contributed by atoms with van der Waals surface area (Å²) in [5.74, 6) is -0.0837. The first-order valence-electron chi connectivity index (χ1n) is 11.6. The quantitative estimate of drug-likeness (QED) is 0.566. The molecule has 1 fully saturated rings. The topological polar surface area (TPSA) is 83.3 Å². The van der Waals surface area contributed by atoms with Crippen LogP contribution >= 0.6 is 11.3 Å². The summed E-state index contributed by atoms with van der Waals surface area (Å²) in [5.41, 5.74) is 11.8. The van der Waals surface area contributed by atoms with Crippen LogP contribution in [0.1, 0.15) is 46.3 Å². The van der Waals surface area contributed by atoms with Crippen molar-refractivity contribution in [2.24, 2.45) is 0 Å². The Morgan fingerprint density at radius 2 is 2.19 bits per heavy atom. The van der Waals surface area contributed by atoms with Crippen LogP contribution in [0.4, 0.5) is 11.4 Å². The zero-order valence-electron chi connectivity index (χ0n) is 18.8. The molecule has 2 aromatic heterocycles. The number of aryl methyl sites for hydroxylation is 2. The Hall–Kier alpha value is -2.64. The first-order chi connectivity index (χ1) is 15.5. The highest BCUT2D eigenvalue weighted by Gasteiger charge is 2.25. The number of fused-ring (bicyclic) bond motifs is 2. The summed E-state index contributed by atoms with van der Waals surface area (Å²) in [6.45, 7) is 7.36. The minimum atomic E-state index is -0.0837. The number of amides is 1. The van der Waals surface area contributed by atoms with E-state index in [1.807, 2.05) is 19.1 Å². The van der Waals surface area contributed by atoms with Crippen LogP contribution in [0.2, 0.25) is 0 Å². The van der Waals surface area contributed by atoms with E-state index in [9.17, 15) is 4.79 Å². The number of nitrogens with zero attached hydrogens (tertiary/aromatic N) is 2. The maximum Gasteiger partial charge on any atom is 0.263 e. The van der Waals surface area contributed by atoms with Gasteiger partial charge in [-0.3, -0.25) is 4.79 Å². The number of thiophene rings is 1. The van der Waals surface area contributed by atoms with E-state index < -0.39 is 0 Å². The van der Waals surface area contributed by atoms with Gasteiger partial charge in [0.2, 0.25) is 0 Å². The Kier molecular flexibility index (Phi) is 5.78. The van der Waals surface area contributed by atoms with Crippen LogP contribution in [0.3, 0.4) is 0 Å². The molecule has 1 aliphatic carbocycles. The van der Waals surface area contributed by atoms with Crippen molar-refractivity contribution >= 4 is 38.8 Å². The normalized spacial score (nSPS) is 20.9. The van der Waals surface area contributed by atoms with E-state index in [2.05, 4.69) is 45.6 Å². The van der Waals surface area contributed by atoms with Gasteiger partial charge in [-0.1, -0.05) is 13.0 Å². The molecule has 1 aliphatic heterocycles. The van der Waals surface area contributed by atoms with Crippen molar-refractivity contribution in [3.8, 4) is 0 Å². The maximum absolute atomic E-state index is 13.0. The number of aromatic nitrogens is 1. The second-order valence-electron chi connectivity index (χ2n) is 9.02. The average molecular weight is 450 g/mol. The van der Waals surface area contributed by atoms with Gasteiger partial charge >= 0.3 is 0 Å².